The molecule has 0 spiro atoms. The SMILES string of the molecule is CN(C)CCCNCC1=CCCOC1. The standard InChI is InChI=1S/C11H22N2O/c1-13(2)7-4-6-12-9-11-5-3-8-14-10-11/h5,12H,3-4,6-10H2,1-2H3. The molecule has 0 unspecified atom stereocenters. The number of nitrogens with zero attached hydrogens (tertiary/aromatic N) is 1. The number of ether oxygens (including phenoxy) is 1. The maximum absolute atomic E-state index is 5.36. The zero-order valence-corrected chi connectivity index (χ0v) is 9.38. The summed E-state index contributed by atoms with van der Waals surface area (Å²) in [5.41, 5.74) is 1.40. The number of nitrogens with one attached hydrogen (secondary N) is 1. The molecule has 0 aromatic heterocycles. The Kier molecular flexibility index (Phi) is 5.83. The first-order valence-corrected chi connectivity index (χ1v) is 5.40. The summed E-state index contributed by atoms with van der Waals surface area (Å²) in [6.45, 7) is 4.95. The number of rotatable bonds is 6. The molecule has 3 heteroatoms. The van der Waals surface area contributed by atoms with Crippen LogP contribution < -0.4 is 5.32 Å². The first-order chi connectivity index (χ1) is 6.79. The molecule has 0 aliphatic carbocycles. The molecule has 0 saturated carbocycles. The van der Waals surface area contributed by atoms with Crippen LogP contribution in [0.4, 0.5) is 0 Å². The van der Waals surface area contributed by atoms with Crippen LogP contribution in [0.1, 0.15) is 12.8 Å². The van der Waals surface area contributed by atoms with Gasteiger partial charge in [-0.2, -0.15) is 0 Å². The van der Waals surface area contributed by atoms with Crippen molar-refractivity contribution in [2.45, 2.75) is 12.8 Å². The summed E-state index contributed by atoms with van der Waals surface area (Å²) >= 11 is 0. The normalized spacial score (nSPS) is 17.2. The third-order valence-electron chi connectivity index (χ3n) is 2.29. The minimum atomic E-state index is 0.820. The molecule has 0 fully saturated rings. The first-order valence-electron chi connectivity index (χ1n) is 5.40. The monoisotopic (exact) mass is 198 g/mol. The molecule has 0 aromatic rings. The largest absolute Gasteiger partial charge is 0.377 e. The molecule has 0 aromatic carbocycles. The van der Waals surface area contributed by atoms with Crippen molar-refractivity contribution in [1.29, 1.82) is 0 Å². The number of hydrogen-bond acceptors (Lipinski definition) is 3. The van der Waals surface area contributed by atoms with Crippen LogP contribution in [-0.2, 0) is 4.74 Å². The lowest BCUT2D eigenvalue weighted by atomic mass is 10.2. The Hall–Kier alpha value is -0.380. The van der Waals surface area contributed by atoms with Crippen molar-refractivity contribution >= 4 is 0 Å². The van der Waals surface area contributed by atoms with Gasteiger partial charge in [-0.1, -0.05) is 6.08 Å². The maximum Gasteiger partial charge on any atom is 0.0689 e. The summed E-state index contributed by atoms with van der Waals surface area (Å²) in [6.07, 6.45) is 4.58. The van der Waals surface area contributed by atoms with E-state index in [1.807, 2.05) is 0 Å². The maximum atomic E-state index is 5.36. The van der Waals surface area contributed by atoms with Crippen molar-refractivity contribution in [3.63, 3.8) is 0 Å². The molecule has 3 nitrogen and oxygen atoms in total. The van der Waals surface area contributed by atoms with Gasteiger partial charge in [-0.25, -0.2) is 0 Å². The predicted octanol–water partition coefficient (Wildman–Crippen LogP) is 0.874. The Labute approximate surface area is 87.1 Å². The Morgan fingerprint density at radius 3 is 3.00 bits per heavy atom. The molecule has 0 radical (unpaired) electrons. The highest BCUT2D eigenvalue weighted by Gasteiger charge is 2.02. The van der Waals surface area contributed by atoms with E-state index in [4.69, 9.17) is 4.74 Å². The summed E-state index contributed by atoms with van der Waals surface area (Å²) in [6, 6.07) is 0. The Morgan fingerprint density at radius 2 is 2.36 bits per heavy atom. The molecule has 1 N–H and O–H groups in total. The van der Waals surface area contributed by atoms with E-state index in [1.54, 1.807) is 0 Å². The van der Waals surface area contributed by atoms with Crippen LogP contribution in [0.5, 0.6) is 0 Å². The number of hydrogen-bond donors (Lipinski definition) is 1. The Morgan fingerprint density at radius 1 is 1.50 bits per heavy atom. The fraction of sp³-hybridized carbons (Fsp3) is 0.818. The first kappa shape index (κ1) is 11.7. The van der Waals surface area contributed by atoms with Crippen LogP contribution in [0, 0.1) is 0 Å². The summed E-state index contributed by atoms with van der Waals surface area (Å²) in [5, 5.41) is 3.44. The third kappa shape index (κ3) is 5.37. The molecule has 1 heterocycles. The quantitative estimate of drug-likeness (QED) is 0.506. The van der Waals surface area contributed by atoms with Crippen molar-refractivity contribution in [3.05, 3.63) is 11.6 Å². The van der Waals surface area contributed by atoms with E-state index in [0.717, 1.165) is 39.3 Å². The molecule has 0 saturated heterocycles. The molecule has 1 aliphatic rings. The second-order valence-corrected chi connectivity index (χ2v) is 4.04. The van der Waals surface area contributed by atoms with Crippen molar-refractivity contribution < 1.29 is 4.74 Å². The Balaban J connectivity index is 1.95. The van der Waals surface area contributed by atoms with Gasteiger partial charge in [0.05, 0.1) is 13.2 Å². The summed E-state index contributed by atoms with van der Waals surface area (Å²) in [7, 11) is 4.22. The molecule has 1 rings (SSSR count). The van der Waals surface area contributed by atoms with Crippen LogP contribution in [0.3, 0.4) is 0 Å². The van der Waals surface area contributed by atoms with Gasteiger partial charge in [-0.05, 0) is 45.6 Å². The third-order valence-corrected chi connectivity index (χ3v) is 2.29. The van der Waals surface area contributed by atoms with E-state index in [-0.39, 0.29) is 0 Å². The fourth-order valence-corrected chi connectivity index (χ4v) is 1.50. The van der Waals surface area contributed by atoms with Gasteiger partial charge in [0, 0.05) is 6.54 Å². The van der Waals surface area contributed by atoms with Gasteiger partial charge >= 0.3 is 0 Å². The second kappa shape index (κ2) is 6.98. The lowest BCUT2D eigenvalue weighted by Gasteiger charge is -2.14. The average molecular weight is 198 g/mol. The van der Waals surface area contributed by atoms with Gasteiger partial charge in [0.2, 0.25) is 0 Å². The van der Waals surface area contributed by atoms with E-state index in [1.165, 1.54) is 12.0 Å². The summed E-state index contributed by atoms with van der Waals surface area (Å²) in [4.78, 5) is 2.21. The predicted molar refractivity (Wildman–Crippen MR) is 59.6 cm³/mol. The van der Waals surface area contributed by atoms with Crippen LogP contribution in [-0.4, -0.2) is 51.8 Å². The van der Waals surface area contributed by atoms with Gasteiger partial charge in [-0.15, -0.1) is 0 Å². The molecule has 14 heavy (non-hydrogen) atoms. The summed E-state index contributed by atoms with van der Waals surface area (Å²) < 4.78 is 5.36. The highest BCUT2D eigenvalue weighted by atomic mass is 16.5. The van der Waals surface area contributed by atoms with Gasteiger partial charge in [0.15, 0.2) is 0 Å². The van der Waals surface area contributed by atoms with Crippen molar-refractivity contribution in [2.75, 3.05) is 46.9 Å². The van der Waals surface area contributed by atoms with E-state index >= 15 is 0 Å². The van der Waals surface area contributed by atoms with E-state index in [2.05, 4.69) is 30.4 Å². The summed E-state index contributed by atoms with van der Waals surface area (Å²) in [5.74, 6) is 0. The highest BCUT2D eigenvalue weighted by Crippen LogP contribution is 2.03. The van der Waals surface area contributed by atoms with Crippen LogP contribution in [0.25, 0.3) is 0 Å². The van der Waals surface area contributed by atoms with Crippen molar-refractivity contribution in [3.8, 4) is 0 Å². The van der Waals surface area contributed by atoms with Crippen LogP contribution >= 0.6 is 0 Å². The van der Waals surface area contributed by atoms with Gasteiger partial charge in [-0.3, -0.25) is 0 Å². The van der Waals surface area contributed by atoms with E-state index in [0.29, 0.717) is 0 Å². The lowest BCUT2D eigenvalue weighted by molar-refractivity contribution is 0.149. The highest BCUT2D eigenvalue weighted by molar-refractivity contribution is 5.06. The molecule has 0 bridgehead atoms. The zero-order chi connectivity index (χ0) is 10.2. The minimum absolute atomic E-state index is 0.820. The van der Waals surface area contributed by atoms with Gasteiger partial charge in [0.1, 0.15) is 0 Å². The molecule has 0 atom stereocenters. The van der Waals surface area contributed by atoms with Crippen molar-refractivity contribution in [2.24, 2.45) is 0 Å². The van der Waals surface area contributed by atoms with Gasteiger partial charge in [0.25, 0.3) is 0 Å². The van der Waals surface area contributed by atoms with Gasteiger partial charge < -0.3 is 15.0 Å². The van der Waals surface area contributed by atoms with E-state index in [9.17, 15) is 0 Å². The molecular formula is C11H22N2O. The average Bonchev–Trinajstić information content (AvgIpc) is 2.18. The molecule has 82 valence electrons. The van der Waals surface area contributed by atoms with Crippen molar-refractivity contribution in [1.82, 2.24) is 10.2 Å². The second-order valence-electron chi connectivity index (χ2n) is 4.04. The minimum Gasteiger partial charge on any atom is -0.377 e. The van der Waals surface area contributed by atoms with Crippen LogP contribution in [0.15, 0.2) is 11.6 Å². The Bertz CT molecular complexity index is 178. The van der Waals surface area contributed by atoms with Crippen LogP contribution in [0.2, 0.25) is 0 Å². The van der Waals surface area contributed by atoms with E-state index < -0.39 is 0 Å². The topological polar surface area (TPSA) is 24.5 Å². The molecular weight excluding hydrogens is 176 g/mol. The zero-order valence-electron chi connectivity index (χ0n) is 9.38. The smallest absolute Gasteiger partial charge is 0.0689 e. The molecule has 0 amide bonds. The fourth-order valence-electron chi connectivity index (χ4n) is 1.50. The lowest BCUT2D eigenvalue weighted by Crippen LogP contribution is -2.25. The molecule has 1 aliphatic heterocycles.